The Morgan fingerprint density at radius 1 is 1.48 bits per heavy atom. The maximum atomic E-state index is 10.9. The number of carboxylic acids is 1. The first kappa shape index (κ1) is 16.7. The number of rotatable bonds is 9. The van der Waals surface area contributed by atoms with Crippen molar-refractivity contribution >= 4 is 11.7 Å². The van der Waals surface area contributed by atoms with Gasteiger partial charge in [0, 0.05) is 13.0 Å². The number of carbonyl (C=O) groups is 1. The number of nitro groups is 1. The third-order valence-electron chi connectivity index (χ3n) is 2.64. The fraction of sp³-hybridized carbons (Fsp3) is 0.462. The van der Waals surface area contributed by atoms with Crippen LogP contribution in [0.25, 0.3) is 0 Å². The summed E-state index contributed by atoms with van der Waals surface area (Å²) in [5.74, 6) is -0.672. The lowest BCUT2D eigenvalue weighted by Gasteiger charge is -2.13. The van der Waals surface area contributed by atoms with Gasteiger partial charge in [0.15, 0.2) is 11.9 Å². The zero-order valence-corrected chi connectivity index (χ0v) is 11.8. The smallest absolute Gasteiger partial charge is 0.332 e. The molecule has 0 aliphatic heterocycles. The van der Waals surface area contributed by atoms with E-state index in [1.807, 2.05) is 0 Å². The lowest BCUT2D eigenvalue weighted by atomic mass is 10.2. The van der Waals surface area contributed by atoms with Gasteiger partial charge in [-0.15, -0.1) is 0 Å². The van der Waals surface area contributed by atoms with Crippen molar-refractivity contribution in [3.63, 3.8) is 0 Å². The quantitative estimate of drug-likeness (QED) is 0.547. The van der Waals surface area contributed by atoms with E-state index in [9.17, 15) is 14.9 Å². The Balaban J connectivity index is 2.65. The molecule has 0 heterocycles. The average Bonchev–Trinajstić information content (AvgIpc) is 2.45. The number of hydrogen-bond acceptors (Lipinski definition) is 6. The molecule has 8 nitrogen and oxygen atoms in total. The van der Waals surface area contributed by atoms with Crippen LogP contribution in [-0.4, -0.2) is 42.4 Å². The Morgan fingerprint density at radius 3 is 2.71 bits per heavy atom. The molecule has 1 aromatic carbocycles. The van der Waals surface area contributed by atoms with Gasteiger partial charge in [-0.3, -0.25) is 10.1 Å². The largest absolute Gasteiger partial charge is 0.493 e. The van der Waals surface area contributed by atoms with Crippen molar-refractivity contribution in [3.05, 3.63) is 28.3 Å². The first-order valence-corrected chi connectivity index (χ1v) is 6.29. The molecule has 116 valence electrons. The first-order chi connectivity index (χ1) is 9.99. The number of aliphatic carboxylic acids is 1. The highest BCUT2D eigenvalue weighted by atomic mass is 16.6. The average molecular weight is 299 g/mol. The van der Waals surface area contributed by atoms with Gasteiger partial charge in [0.2, 0.25) is 0 Å². The fourth-order valence-corrected chi connectivity index (χ4v) is 1.67. The summed E-state index contributed by atoms with van der Waals surface area (Å²) in [5, 5.41) is 19.8. The van der Waals surface area contributed by atoms with Crippen LogP contribution in [0.4, 0.5) is 5.69 Å². The van der Waals surface area contributed by atoms with Gasteiger partial charge in [-0.2, -0.15) is 0 Å². The molecule has 0 amide bonds. The van der Waals surface area contributed by atoms with Gasteiger partial charge in [-0.25, -0.2) is 4.79 Å². The molecule has 1 unspecified atom stereocenters. The van der Waals surface area contributed by atoms with Crippen LogP contribution in [0.5, 0.6) is 11.5 Å². The van der Waals surface area contributed by atoms with Crippen molar-refractivity contribution in [2.75, 3.05) is 20.3 Å². The summed E-state index contributed by atoms with van der Waals surface area (Å²) in [6.07, 6.45) is -0.813. The normalized spacial score (nSPS) is 11.7. The van der Waals surface area contributed by atoms with Crippen LogP contribution < -0.4 is 9.47 Å². The summed E-state index contributed by atoms with van der Waals surface area (Å²) in [6.45, 7) is 2.05. The van der Waals surface area contributed by atoms with Crippen LogP contribution in [0.15, 0.2) is 18.2 Å². The Kier molecular flexibility index (Phi) is 6.41. The van der Waals surface area contributed by atoms with E-state index in [1.54, 1.807) is 6.92 Å². The molecule has 0 saturated carbocycles. The fourth-order valence-electron chi connectivity index (χ4n) is 1.67. The highest BCUT2D eigenvalue weighted by molar-refractivity contribution is 5.72. The number of nitrogens with zero attached hydrogens (tertiary/aromatic N) is 1. The molecule has 1 rings (SSSR count). The number of carboxylic acid groups (broad SMARTS) is 1. The molecule has 1 atom stereocenters. The van der Waals surface area contributed by atoms with Crippen molar-refractivity contribution in [2.45, 2.75) is 19.4 Å². The third kappa shape index (κ3) is 4.92. The van der Waals surface area contributed by atoms with E-state index in [4.69, 9.17) is 19.3 Å². The minimum absolute atomic E-state index is 0.0699. The predicted molar refractivity (Wildman–Crippen MR) is 72.8 cm³/mol. The van der Waals surface area contributed by atoms with Gasteiger partial charge < -0.3 is 19.3 Å². The minimum atomic E-state index is -1.07. The molecule has 21 heavy (non-hydrogen) atoms. The summed E-state index contributed by atoms with van der Waals surface area (Å²) in [4.78, 5) is 21.2. The maximum Gasteiger partial charge on any atom is 0.332 e. The van der Waals surface area contributed by atoms with E-state index in [1.165, 1.54) is 25.3 Å². The highest BCUT2D eigenvalue weighted by Gasteiger charge is 2.18. The molecule has 1 aromatic rings. The zero-order valence-electron chi connectivity index (χ0n) is 11.8. The Morgan fingerprint density at radius 2 is 2.19 bits per heavy atom. The molecule has 0 spiro atoms. The summed E-state index contributed by atoms with van der Waals surface area (Å²) in [6, 6.07) is 4.17. The van der Waals surface area contributed by atoms with Crippen LogP contribution in [0.2, 0.25) is 0 Å². The first-order valence-electron chi connectivity index (χ1n) is 6.29. The van der Waals surface area contributed by atoms with Gasteiger partial charge in [0.05, 0.1) is 24.7 Å². The predicted octanol–water partition coefficient (Wildman–Crippen LogP) is 1.86. The second kappa shape index (κ2) is 8.05. The van der Waals surface area contributed by atoms with E-state index in [0.29, 0.717) is 0 Å². The van der Waals surface area contributed by atoms with Gasteiger partial charge in [-0.1, -0.05) is 0 Å². The number of nitro benzene ring substituents is 1. The lowest BCUT2D eigenvalue weighted by molar-refractivity contribution is -0.385. The standard InChI is InChI=1S/C13H17NO7/c1-3-20-12(13(15)16)6-7-21-9-4-5-11(19-2)10(8-9)14(17)18/h4-5,8,12H,3,6-7H2,1-2H3,(H,15,16). The van der Waals surface area contributed by atoms with Crippen LogP contribution in [0.1, 0.15) is 13.3 Å². The van der Waals surface area contributed by atoms with E-state index in [-0.39, 0.29) is 36.8 Å². The second-order valence-corrected chi connectivity index (χ2v) is 4.01. The molecule has 0 aliphatic rings. The number of benzene rings is 1. The van der Waals surface area contributed by atoms with E-state index in [0.717, 1.165) is 0 Å². The highest BCUT2D eigenvalue weighted by Crippen LogP contribution is 2.30. The number of methoxy groups -OCH3 is 1. The van der Waals surface area contributed by atoms with E-state index >= 15 is 0 Å². The summed E-state index contributed by atoms with van der Waals surface area (Å²) >= 11 is 0. The van der Waals surface area contributed by atoms with Crippen molar-refractivity contribution < 1.29 is 29.0 Å². The molecule has 8 heteroatoms. The third-order valence-corrected chi connectivity index (χ3v) is 2.64. The Bertz CT molecular complexity index is 503. The zero-order chi connectivity index (χ0) is 15.8. The van der Waals surface area contributed by atoms with Gasteiger partial charge in [0.25, 0.3) is 0 Å². The topological polar surface area (TPSA) is 108 Å². The van der Waals surface area contributed by atoms with Crippen LogP contribution in [-0.2, 0) is 9.53 Å². The molecule has 0 aliphatic carbocycles. The molecule has 0 radical (unpaired) electrons. The summed E-state index contributed by atoms with van der Waals surface area (Å²) < 4.78 is 15.2. The summed E-state index contributed by atoms with van der Waals surface area (Å²) in [7, 11) is 1.34. The molecular weight excluding hydrogens is 282 g/mol. The molecule has 1 N–H and O–H groups in total. The van der Waals surface area contributed by atoms with Crippen molar-refractivity contribution in [1.82, 2.24) is 0 Å². The second-order valence-electron chi connectivity index (χ2n) is 4.01. The van der Waals surface area contributed by atoms with E-state index < -0.39 is 17.0 Å². The Hall–Kier alpha value is -2.35. The summed E-state index contributed by atoms with van der Waals surface area (Å²) in [5.41, 5.74) is -0.213. The lowest BCUT2D eigenvalue weighted by Crippen LogP contribution is -2.26. The molecule has 0 fully saturated rings. The monoisotopic (exact) mass is 299 g/mol. The van der Waals surface area contributed by atoms with Crippen LogP contribution in [0.3, 0.4) is 0 Å². The van der Waals surface area contributed by atoms with Crippen molar-refractivity contribution in [3.8, 4) is 11.5 Å². The Labute approximate surface area is 121 Å². The van der Waals surface area contributed by atoms with Crippen LogP contribution in [0, 0.1) is 10.1 Å². The van der Waals surface area contributed by atoms with Crippen molar-refractivity contribution in [2.24, 2.45) is 0 Å². The molecule has 0 saturated heterocycles. The SMILES string of the molecule is CCOC(CCOc1ccc(OC)c([N+](=O)[O-])c1)C(=O)O. The number of ether oxygens (including phenoxy) is 3. The maximum absolute atomic E-state index is 10.9. The van der Waals surface area contributed by atoms with Gasteiger partial charge in [-0.05, 0) is 19.1 Å². The van der Waals surface area contributed by atoms with Crippen molar-refractivity contribution in [1.29, 1.82) is 0 Å². The van der Waals surface area contributed by atoms with Gasteiger partial charge in [0.1, 0.15) is 5.75 Å². The molecular formula is C13H17NO7. The minimum Gasteiger partial charge on any atom is -0.493 e. The van der Waals surface area contributed by atoms with Crippen LogP contribution >= 0.6 is 0 Å². The van der Waals surface area contributed by atoms with E-state index in [2.05, 4.69) is 0 Å². The number of hydrogen-bond donors (Lipinski definition) is 1. The molecule has 0 bridgehead atoms. The van der Waals surface area contributed by atoms with Gasteiger partial charge >= 0.3 is 11.7 Å². The molecule has 0 aromatic heterocycles.